The molecule has 0 bridgehead atoms. The van der Waals surface area contributed by atoms with E-state index in [-0.39, 0.29) is 0 Å². The number of nitrogens with zero attached hydrogens (tertiary/aromatic N) is 2. The average molecular weight is 223 g/mol. The summed E-state index contributed by atoms with van der Waals surface area (Å²) < 4.78 is 5.79. The van der Waals surface area contributed by atoms with Crippen molar-refractivity contribution >= 4 is 0 Å². The molecule has 0 spiro atoms. The Hall–Kier alpha value is -0.870. The van der Waals surface area contributed by atoms with E-state index < -0.39 is 0 Å². The molecule has 1 fully saturated rings. The second-order valence-electron chi connectivity index (χ2n) is 4.55. The number of aryl methyl sites for hydroxylation is 1. The fraction of sp³-hybridized carbons (Fsp3) is 0.750. The van der Waals surface area contributed by atoms with Crippen LogP contribution < -0.4 is 5.73 Å². The largest absolute Gasteiger partial charge is 0.444 e. The predicted molar refractivity (Wildman–Crippen MR) is 63.1 cm³/mol. The molecular weight excluding hydrogens is 202 g/mol. The van der Waals surface area contributed by atoms with E-state index >= 15 is 0 Å². The SMILES string of the molecule is CN1CCCCC1c1ncc(CCCN)o1. The van der Waals surface area contributed by atoms with E-state index in [0.717, 1.165) is 37.5 Å². The fourth-order valence-electron chi connectivity index (χ4n) is 2.26. The van der Waals surface area contributed by atoms with Crippen molar-refractivity contribution in [2.24, 2.45) is 5.73 Å². The Balaban J connectivity index is 1.99. The first-order valence-electron chi connectivity index (χ1n) is 6.16. The summed E-state index contributed by atoms with van der Waals surface area (Å²) in [4.78, 5) is 6.73. The standard InChI is InChI=1S/C12H21N3O/c1-15-8-3-2-6-11(15)12-14-9-10(16-12)5-4-7-13/h9,11H,2-8,13H2,1H3. The lowest BCUT2D eigenvalue weighted by Crippen LogP contribution is -2.29. The first-order valence-corrected chi connectivity index (χ1v) is 6.16. The van der Waals surface area contributed by atoms with Gasteiger partial charge in [-0.25, -0.2) is 4.98 Å². The molecule has 16 heavy (non-hydrogen) atoms. The first kappa shape index (κ1) is 11.6. The van der Waals surface area contributed by atoms with Crippen LogP contribution in [0.2, 0.25) is 0 Å². The normalized spacial score (nSPS) is 22.5. The van der Waals surface area contributed by atoms with Crippen molar-refractivity contribution < 1.29 is 4.42 Å². The number of rotatable bonds is 4. The molecule has 1 aliphatic rings. The van der Waals surface area contributed by atoms with Crippen LogP contribution in [0.15, 0.2) is 10.6 Å². The maximum Gasteiger partial charge on any atom is 0.211 e. The maximum absolute atomic E-state index is 5.79. The van der Waals surface area contributed by atoms with E-state index in [4.69, 9.17) is 10.2 Å². The second-order valence-corrected chi connectivity index (χ2v) is 4.55. The van der Waals surface area contributed by atoms with Gasteiger partial charge in [0.15, 0.2) is 0 Å². The van der Waals surface area contributed by atoms with Gasteiger partial charge in [0.1, 0.15) is 5.76 Å². The van der Waals surface area contributed by atoms with Crippen LogP contribution in [0.1, 0.15) is 43.4 Å². The average Bonchev–Trinajstić information content (AvgIpc) is 2.75. The Bertz CT molecular complexity index is 324. The van der Waals surface area contributed by atoms with E-state index in [2.05, 4.69) is 16.9 Å². The molecular formula is C12H21N3O. The molecule has 0 saturated carbocycles. The molecule has 0 amide bonds. The van der Waals surface area contributed by atoms with Gasteiger partial charge in [0.05, 0.1) is 12.2 Å². The van der Waals surface area contributed by atoms with Gasteiger partial charge in [-0.3, -0.25) is 4.90 Å². The topological polar surface area (TPSA) is 55.3 Å². The van der Waals surface area contributed by atoms with Gasteiger partial charge in [-0.1, -0.05) is 6.42 Å². The van der Waals surface area contributed by atoms with Crippen molar-refractivity contribution in [2.75, 3.05) is 20.1 Å². The third kappa shape index (κ3) is 2.62. The Morgan fingerprint density at radius 2 is 2.44 bits per heavy atom. The molecule has 90 valence electrons. The highest BCUT2D eigenvalue weighted by Gasteiger charge is 2.24. The van der Waals surface area contributed by atoms with E-state index in [0.29, 0.717) is 12.6 Å². The molecule has 0 aromatic carbocycles. The molecule has 4 heteroatoms. The second kappa shape index (κ2) is 5.46. The summed E-state index contributed by atoms with van der Waals surface area (Å²) in [5.41, 5.74) is 5.48. The summed E-state index contributed by atoms with van der Waals surface area (Å²) in [6.45, 7) is 1.85. The minimum absolute atomic E-state index is 0.375. The van der Waals surface area contributed by atoms with Gasteiger partial charge in [0, 0.05) is 6.42 Å². The van der Waals surface area contributed by atoms with Crippen molar-refractivity contribution in [3.8, 4) is 0 Å². The molecule has 1 aliphatic heterocycles. The highest BCUT2D eigenvalue weighted by Crippen LogP contribution is 2.29. The minimum atomic E-state index is 0.375. The van der Waals surface area contributed by atoms with Crippen molar-refractivity contribution in [3.63, 3.8) is 0 Å². The van der Waals surface area contributed by atoms with Gasteiger partial charge in [-0.2, -0.15) is 0 Å². The van der Waals surface area contributed by atoms with Gasteiger partial charge < -0.3 is 10.2 Å². The Kier molecular flexibility index (Phi) is 3.96. The van der Waals surface area contributed by atoms with Gasteiger partial charge in [-0.05, 0) is 39.4 Å². The quantitative estimate of drug-likeness (QED) is 0.844. The number of piperidine rings is 1. The molecule has 4 nitrogen and oxygen atoms in total. The van der Waals surface area contributed by atoms with E-state index in [1.165, 1.54) is 12.8 Å². The smallest absolute Gasteiger partial charge is 0.211 e. The number of hydrogen-bond donors (Lipinski definition) is 1. The molecule has 1 aromatic rings. The molecule has 2 N–H and O–H groups in total. The van der Waals surface area contributed by atoms with Crippen molar-refractivity contribution in [1.29, 1.82) is 0 Å². The summed E-state index contributed by atoms with van der Waals surface area (Å²) in [6, 6.07) is 0.375. The molecule has 1 unspecified atom stereocenters. The maximum atomic E-state index is 5.79. The van der Waals surface area contributed by atoms with Crippen LogP contribution in [0, 0.1) is 0 Å². The van der Waals surface area contributed by atoms with Crippen LogP contribution in [-0.4, -0.2) is 30.0 Å². The molecule has 1 atom stereocenters. The van der Waals surface area contributed by atoms with Gasteiger partial charge >= 0.3 is 0 Å². The molecule has 1 saturated heterocycles. The Morgan fingerprint density at radius 3 is 3.19 bits per heavy atom. The molecule has 0 aliphatic carbocycles. The summed E-state index contributed by atoms with van der Waals surface area (Å²) in [5.74, 6) is 1.86. The van der Waals surface area contributed by atoms with Crippen LogP contribution in [-0.2, 0) is 6.42 Å². The van der Waals surface area contributed by atoms with Crippen LogP contribution in [0.3, 0.4) is 0 Å². The minimum Gasteiger partial charge on any atom is -0.444 e. The lowest BCUT2D eigenvalue weighted by Gasteiger charge is -2.29. The van der Waals surface area contributed by atoms with Gasteiger partial charge in [-0.15, -0.1) is 0 Å². The van der Waals surface area contributed by atoms with Crippen molar-refractivity contribution in [3.05, 3.63) is 17.8 Å². The van der Waals surface area contributed by atoms with E-state index in [9.17, 15) is 0 Å². The Labute approximate surface area is 96.8 Å². The number of oxazole rings is 1. The van der Waals surface area contributed by atoms with Gasteiger partial charge in [0.25, 0.3) is 0 Å². The highest BCUT2D eigenvalue weighted by atomic mass is 16.4. The summed E-state index contributed by atoms with van der Waals surface area (Å²) in [5, 5.41) is 0. The third-order valence-corrected chi connectivity index (χ3v) is 3.25. The van der Waals surface area contributed by atoms with Crippen LogP contribution >= 0.6 is 0 Å². The Morgan fingerprint density at radius 1 is 1.56 bits per heavy atom. The van der Waals surface area contributed by atoms with Crippen molar-refractivity contribution in [1.82, 2.24) is 9.88 Å². The third-order valence-electron chi connectivity index (χ3n) is 3.25. The zero-order valence-electron chi connectivity index (χ0n) is 9.98. The number of likely N-dealkylation sites (tertiary alicyclic amines) is 1. The molecule has 0 radical (unpaired) electrons. The summed E-state index contributed by atoms with van der Waals surface area (Å²) in [7, 11) is 2.15. The fourth-order valence-corrected chi connectivity index (χ4v) is 2.26. The van der Waals surface area contributed by atoms with Gasteiger partial charge in [0.2, 0.25) is 5.89 Å². The highest BCUT2D eigenvalue weighted by molar-refractivity contribution is 4.99. The predicted octanol–water partition coefficient (Wildman–Crippen LogP) is 1.72. The summed E-state index contributed by atoms with van der Waals surface area (Å²) in [6.07, 6.45) is 7.44. The van der Waals surface area contributed by atoms with E-state index in [1.807, 2.05) is 6.20 Å². The lowest BCUT2D eigenvalue weighted by atomic mass is 10.0. The molecule has 2 heterocycles. The summed E-state index contributed by atoms with van der Waals surface area (Å²) >= 11 is 0. The number of aromatic nitrogens is 1. The van der Waals surface area contributed by atoms with Crippen molar-refractivity contribution in [2.45, 2.75) is 38.1 Å². The lowest BCUT2D eigenvalue weighted by molar-refractivity contribution is 0.157. The number of hydrogen-bond acceptors (Lipinski definition) is 4. The van der Waals surface area contributed by atoms with E-state index in [1.54, 1.807) is 0 Å². The van der Waals surface area contributed by atoms with Crippen LogP contribution in [0.25, 0.3) is 0 Å². The van der Waals surface area contributed by atoms with Crippen LogP contribution in [0.4, 0.5) is 0 Å². The zero-order valence-corrected chi connectivity index (χ0v) is 9.98. The zero-order chi connectivity index (χ0) is 11.4. The number of nitrogens with two attached hydrogens (primary N) is 1. The molecule has 2 rings (SSSR count). The van der Waals surface area contributed by atoms with Crippen LogP contribution in [0.5, 0.6) is 0 Å². The molecule has 1 aromatic heterocycles. The monoisotopic (exact) mass is 223 g/mol. The first-order chi connectivity index (χ1) is 7.81.